The molecule has 0 amide bonds. The largest absolute Gasteiger partial charge is 4.00 e. The van der Waals surface area contributed by atoms with E-state index in [1.807, 2.05) is 36.4 Å². The van der Waals surface area contributed by atoms with E-state index in [4.69, 9.17) is 65.4 Å². The maximum Gasteiger partial charge on any atom is 4.00 e. The van der Waals surface area contributed by atoms with Gasteiger partial charge in [-0.2, -0.15) is 0 Å². The Bertz CT molecular complexity index is 1670. The Morgan fingerprint density at radius 3 is 1.25 bits per heavy atom. The average Bonchev–Trinajstić information content (AvgIpc) is 3.73. The molecule has 0 fully saturated rings. The Morgan fingerprint density at radius 2 is 0.887 bits per heavy atom. The zero-order valence-electron chi connectivity index (χ0n) is 29.8. The minimum absolute atomic E-state index is 0. The summed E-state index contributed by atoms with van der Waals surface area (Å²) < 4.78 is 22.1. The summed E-state index contributed by atoms with van der Waals surface area (Å²) in [5, 5.41) is 45.8. The molecule has 0 aliphatic carbocycles. The zero-order chi connectivity index (χ0) is 37.9. The molecule has 0 saturated carbocycles. The van der Waals surface area contributed by atoms with Gasteiger partial charge in [-0.25, -0.2) is 0 Å². The fourth-order valence-electron chi connectivity index (χ4n) is 5.25. The van der Waals surface area contributed by atoms with Crippen molar-refractivity contribution >= 4 is 46.4 Å². The molecule has 0 aromatic heterocycles. The summed E-state index contributed by atoms with van der Waals surface area (Å²) >= 11 is 24.9. The first-order valence-electron chi connectivity index (χ1n) is 16.5. The summed E-state index contributed by atoms with van der Waals surface area (Å²) in [6.45, 7) is 9.40. The van der Waals surface area contributed by atoms with E-state index < -0.39 is 12.2 Å². The van der Waals surface area contributed by atoms with Crippen LogP contribution >= 0.6 is 46.4 Å². The number of rotatable bonds is 11. The number of fused-ring (bicyclic) bond motifs is 2. The normalized spacial score (nSPS) is 12.4. The SMILES string of the molecule is CC(C)[O-].CC(C)[O-].[O-]c1c(Cl)cc(Cl)cc1CN(CCN(Cc1ccc2c(c1)OCO2)Cc1cc(Cl)cc(Cl)c1[O-])Cc1ccc2c(c1)OCO2.[Ti+4]. The number of hydrogen-bond acceptors (Lipinski definition) is 10. The van der Waals surface area contributed by atoms with Crippen molar-refractivity contribution in [1.82, 2.24) is 9.80 Å². The summed E-state index contributed by atoms with van der Waals surface area (Å²) in [7, 11) is 0. The molecule has 2 aliphatic rings. The van der Waals surface area contributed by atoms with E-state index in [1.165, 1.54) is 12.1 Å². The van der Waals surface area contributed by atoms with Crippen molar-refractivity contribution in [2.75, 3.05) is 26.7 Å². The fourth-order valence-corrected chi connectivity index (χ4v) is 6.32. The fraction of sp³-hybridized carbons (Fsp3) is 0.368. The summed E-state index contributed by atoms with van der Waals surface area (Å²) in [6, 6.07) is 17.7. The molecule has 2 aliphatic heterocycles. The number of nitrogens with zero attached hydrogens (tertiary/aromatic N) is 2. The van der Waals surface area contributed by atoms with Gasteiger partial charge in [0.1, 0.15) is 0 Å². The smallest absolute Gasteiger partial charge is 0.871 e. The number of hydrogen-bond donors (Lipinski definition) is 0. The van der Waals surface area contributed by atoms with Crippen LogP contribution in [0, 0.1) is 0 Å². The summed E-state index contributed by atoms with van der Waals surface area (Å²) in [5.41, 5.74) is 2.91. The maximum absolute atomic E-state index is 12.9. The molecule has 6 rings (SSSR count). The molecule has 0 radical (unpaired) electrons. The van der Waals surface area contributed by atoms with E-state index in [1.54, 1.807) is 39.8 Å². The topological polar surface area (TPSA) is 136 Å². The van der Waals surface area contributed by atoms with Gasteiger partial charge in [0.05, 0.1) is 0 Å². The first-order valence-corrected chi connectivity index (χ1v) is 18.0. The second-order valence-electron chi connectivity index (χ2n) is 12.6. The van der Waals surface area contributed by atoms with Gasteiger partial charge in [-0.05, 0) is 70.8 Å². The molecule has 0 unspecified atom stereocenters. The second-order valence-corrected chi connectivity index (χ2v) is 14.3. The van der Waals surface area contributed by atoms with Crippen LogP contribution in [0.25, 0.3) is 0 Å². The van der Waals surface area contributed by atoms with E-state index in [-0.39, 0.29) is 56.8 Å². The molecule has 0 spiro atoms. The molecule has 15 heteroatoms. The van der Waals surface area contributed by atoms with Crippen molar-refractivity contribution in [3.05, 3.63) is 103 Å². The molecule has 0 bridgehead atoms. The van der Waals surface area contributed by atoms with Gasteiger partial charge < -0.3 is 39.4 Å². The summed E-state index contributed by atoms with van der Waals surface area (Å²) in [4.78, 5) is 4.24. The van der Waals surface area contributed by atoms with Crippen molar-refractivity contribution in [1.29, 1.82) is 0 Å². The predicted molar refractivity (Wildman–Crippen MR) is 195 cm³/mol. The van der Waals surface area contributed by atoms with Crippen LogP contribution < -0.4 is 39.4 Å². The van der Waals surface area contributed by atoms with Gasteiger partial charge in [0.2, 0.25) is 13.6 Å². The van der Waals surface area contributed by atoms with Crippen LogP contribution in [0.2, 0.25) is 20.1 Å². The van der Waals surface area contributed by atoms with Crippen molar-refractivity contribution in [3.63, 3.8) is 0 Å². The van der Waals surface area contributed by atoms with Crippen molar-refractivity contribution in [3.8, 4) is 34.5 Å². The van der Waals surface area contributed by atoms with E-state index in [9.17, 15) is 20.4 Å². The molecule has 2 heterocycles. The van der Waals surface area contributed by atoms with E-state index >= 15 is 0 Å². The van der Waals surface area contributed by atoms with Crippen LogP contribution in [-0.2, 0) is 47.9 Å². The van der Waals surface area contributed by atoms with Gasteiger partial charge in [0.25, 0.3) is 0 Å². The van der Waals surface area contributed by atoms with E-state index in [0.717, 1.165) is 11.1 Å². The molecule has 282 valence electrons. The Hall–Kier alpha value is -2.61. The van der Waals surface area contributed by atoms with Crippen molar-refractivity contribution in [2.45, 2.75) is 66.1 Å². The van der Waals surface area contributed by atoms with Gasteiger partial charge in [-0.3, -0.25) is 9.80 Å². The summed E-state index contributed by atoms with van der Waals surface area (Å²) in [5.74, 6) is 2.17. The third-order valence-electron chi connectivity index (χ3n) is 7.38. The van der Waals surface area contributed by atoms with Crippen LogP contribution in [0.4, 0.5) is 0 Å². The minimum Gasteiger partial charge on any atom is -0.871 e. The monoisotopic (exact) mass is 840 g/mol. The second kappa shape index (κ2) is 21.5. The van der Waals surface area contributed by atoms with Gasteiger partial charge in [-0.1, -0.05) is 97.7 Å². The van der Waals surface area contributed by atoms with Crippen molar-refractivity contribution in [2.24, 2.45) is 0 Å². The summed E-state index contributed by atoms with van der Waals surface area (Å²) in [6.07, 6.45) is -0.833. The molecular formula is C38H40Cl4N2O8Ti. The Kier molecular flexibility index (Phi) is 18.1. The number of halogens is 4. The number of ether oxygens (including phenoxy) is 4. The van der Waals surface area contributed by atoms with E-state index in [2.05, 4.69) is 9.80 Å². The van der Waals surface area contributed by atoms with Crippen LogP contribution in [0.5, 0.6) is 34.5 Å². The third-order valence-corrected chi connectivity index (χ3v) is 8.38. The number of benzene rings is 4. The molecule has 10 nitrogen and oxygen atoms in total. The van der Waals surface area contributed by atoms with E-state index in [0.29, 0.717) is 83.4 Å². The van der Waals surface area contributed by atoms with Gasteiger partial charge in [0.15, 0.2) is 23.0 Å². The first-order chi connectivity index (χ1) is 24.7. The van der Waals surface area contributed by atoms with Crippen LogP contribution in [0.3, 0.4) is 0 Å². The third kappa shape index (κ3) is 14.2. The van der Waals surface area contributed by atoms with Crippen LogP contribution in [0.15, 0.2) is 60.7 Å². The predicted octanol–water partition coefficient (Wildman–Crippen LogP) is 6.12. The van der Waals surface area contributed by atoms with Crippen LogP contribution in [0.1, 0.15) is 49.9 Å². The quantitative estimate of drug-likeness (QED) is 0.163. The van der Waals surface area contributed by atoms with Gasteiger partial charge >= 0.3 is 21.7 Å². The molecule has 0 saturated heterocycles. The minimum atomic E-state index is -0.417. The van der Waals surface area contributed by atoms with Gasteiger partial charge in [0, 0.05) is 59.4 Å². The molecule has 0 atom stereocenters. The molecule has 53 heavy (non-hydrogen) atoms. The van der Waals surface area contributed by atoms with Crippen LogP contribution in [-0.4, -0.2) is 48.7 Å². The molecular weight excluding hydrogens is 802 g/mol. The Balaban J connectivity index is 0.000000765. The van der Waals surface area contributed by atoms with Crippen molar-refractivity contribution < 1.29 is 61.1 Å². The maximum atomic E-state index is 12.9. The first kappa shape index (κ1) is 44.8. The standard InChI is InChI=1S/C32H28Cl4N2O6.2C3H7O.Ti/c33-23-9-21(31(39)25(35)11-23)15-37(13-19-1-3-27-29(7-19)43-17-41-27)5-6-38(16-22-10-24(34)12-26(36)32(22)40)14-20-2-4-28-30(8-20)44-18-42-28;2*1-3(2)4;/h1-4,7-12,39-40H,5-6,13-18H2;2*3H,1-2H3;/q;2*-1;+4/p-2. The Morgan fingerprint density at radius 1 is 0.547 bits per heavy atom. The Labute approximate surface area is 345 Å². The molecule has 0 N–H and O–H groups in total. The van der Waals surface area contributed by atoms with Gasteiger partial charge in [-0.15, -0.1) is 12.2 Å². The molecule has 4 aromatic rings. The average molecular weight is 842 g/mol. The zero-order valence-corrected chi connectivity index (χ0v) is 34.3. The molecule has 4 aromatic carbocycles.